The largest absolute Gasteiger partial charge is 0.456 e. The van der Waals surface area contributed by atoms with Crippen molar-refractivity contribution in [2.24, 2.45) is 10.8 Å². The number of cyclic esters (lactones) is 1. The minimum Gasteiger partial charge on any atom is -0.456 e. The van der Waals surface area contributed by atoms with Gasteiger partial charge in [0.15, 0.2) is 5.78 Å². The lowest BCUT2D eigenvalue weighted by Gasteiger charge is -2.52. The topological polar surface area (TPSA) is 43.4 Å². The van der Waals surface area contributed by atoms with Gasteiger partial charge >= 0.3 is 5.97 Å². The highest BCUT2D eigenvalue weighted by Crippen LogP contribution is 2.58. The molecule has 4 rings (SSSR count). The number of esters is 1. The van der Waals surface area contributed by atoms with Crippen LogP contribution in [0.2, 0.25) is 10.0 Å². The van der Waals surface area contributed by atoms with Crippen LogP contribution in [0.1, 0.15) is 75.9 Å². The van der Waals surface area contributed by atoms with Gasteiger partial charge in [-0.3, -0.25) is 9.59 Å². The van der Waals surface area contributed by atoms with E-state index >= 15 is 0 Å². The van der Waals surface area contributed by atoms with Crippen molar-refractivity contribution in [3.8, 4) is 0 Å². The van der Waals surface area contributed by atoms with Gasteiger partial charge in [-0.05, 0) is 43.4 Å². The average molecular weight is 395 g/mol. The number of hydrogen-bond acceptors (Lipinski definition) is 3. The molecular weight excluding hydrogens is 371 g/mol. The first kappa shape index (κ1) is 18.3. The Bertz CT molecular complexity index is 731. The third-order valence-corrected chi connectivity index (χ3v) is 7.44. The molecule has 2 aliphatic carbocycles. The second-order valence-corrected chi connectivity index (χ2v) is 8.96. The van der Waals surface area contributed by atoms with Gasteiger partial charge in [0, 0.05) is 0 Å². The first-order valence-electron chi connectivity index (χ1n) is 9.71. The Hall–Kier alpha value is -1.06. The Morgan fingerprint density at radius 2 is 1.46 bits per heavy atom. The monoisotopic (exact) mass is 394 g/mol. The first-order valence-corrected chi connectivity index (χ1v) is 10.5. The van der Waals surface area contributed by atoms with Crippen LogP contribution in [0, 0.1) is 10.8 Å². The quantitative estimate of drug-likeness (QED) is 0.429. The summed E-state index contributed by atoms with van der Waals surface area (Å²) in [5.41, 5.74) is -0.739. The fraction of sp³-hybridized carbons (Fsp3) is 0.619. The third-order valence-electron chi connectivity index (χ3n) is 6.70. The van der Waals surface area contributed by atoms with Crippen molar-refractivity contribution in [3.63, 3.8) is 0 Å². The Morgan fingerprint density at radius 3 is 2.08 bits per heavy atom. The van der Waals surface area contributed by atoms with E-state index in [1.54, 1.807) is 12.1 Å². The fourth-order valence-electron chi connectivity index (χ4n) is 5.34. The fourth-order valence-corrected chi connectivity index (χ4v) is 5.65. The van der Waals surface area contributed by atoms with Gasteiger partial charge in [0.05, 0.1) is 15.5 Å². The molecule has 1 aliphatic heterocycles. The minimum absolute atomic E-state index is 0.136. The van der Waals surface area contributed by atoms with Crippen LogP contribution >= 0.6 is 23.2 Å². The minimum atomic E-state index is -0.914. The van der Waals surface area contributed by atoms with Crippen LogP contribution < -0.4 is 0 Å². The number of Topliss-reactive ketones (excluding diaryl/α,β-unsaturated/α-hetero) is 1. The highest BCUT2D eigenvalue weighted by molar-refractivity contribution is 6.42. The lowest BCUT2D eigenvalue weighted by molar-refractivity contribution is -0.198. The Balaban J connectivity index is 1.80. The van der Waals surface area contributed by atoms with Crippen molar-refractivity contribution in [1.29, 1.82) is 0 Å². The van der Waals surface area contributed by atoms with Crippen LogP contribution in [-0.2, 0) is 14.3 Å². The van der Waals surface area contributed by atoms with Crippen molar-refractivity contribution in [3.05, 3.63) is 33.8 Å². The molecule has 0 aromatic heterocycles. The Labute approximate surface area is 164 Å². The molecule has 1 aromatic rings. The van der Waals surface area contributed by atoms with E-state index < -0.39 is 16.9 Å². The Kier molecular flexibility index (Phi) is 4.81. The molecule has 1 saturated heterocycles. The molecule has 3 nitrogen and oxygen atoms in total. The van der Waals surface area contributed by atoms with Crippen LogP contribution in [0.5, 0.6) is 0 Å². The molecular formula is C21H24Cl2O3. The number of benzene rings is 1. The Morgan fingerprint density at radius 1 is 0.846 bits per heavy atom. The van der Waals surface area contributed by atoms with E-state index in [1.807, 2.05) is 6.07 Å². The molecule has 0 unspecified atom stereocenters. The van der Waals surface area contributed by atoms with Gasteiger partial charge in [0.2, 0.25) is 0 Å². The van der Waals surface area contributed by atoms with E-state index in [1.165, 1.54) is 0 Å². The summed E-state index contributed by atoms with van der Waals surface area (Å²) in [5.74, 6) is -0.189. The highest BCUT2D eigenvalue weighted by Gasteiger charge is 2.63. The van der Waals surface area contributed by atoms with Crippen molar-refractivity contribution in [2.45, 2.75) is 70.3 Å². The standard InChI is InChI=1S/C21H24Cl2O3/c22-15-8-7-14(13-16(15)23)17-20(9-3-1-4-10-20)18(24)21(19(25)26-17)11-5-2-6-12-21/h7-8,13,17H,1-6,9-12H2/t17-/m0/s1. The average Bonchev–Trinajstić information content (AvgIpc) is 2.67. The smallest absolute Gasteiger partial charge is 0.320 e. The van der Waals surface area contributed by atoms with Crippen LogP contribution in [-0.4, -0.2) is 11.8 Å². The van der Waals surface area contributed by atoms with Gasteiger partial charge < -0.3 is 4.74 Å². The van der Waals surface area contributed by atoms with E-state index in [0.29, 0.717) is 22.9 Å². The zero-order valence-electron chi connectivity index (χ0n) is 14.9. The number of halogens is 2. The van der Waals surface area contributed by atoms with Crippen LogP contribution in [0.4, 0.5) is 0 Å². The van der Waals surface area contributed by atoms with Crippen LogP contribution in [0.3, 0.4) is 0 Å². The molecule has 0 radical (unpaired) electrons. The lowest BCUT2D eigenvalue weighted by Crippen LogP contribution is -2.58. The summed E-state index contributed by atoms with van der Waals surface area (Å²) in [6.07, 6.45) is 8.36. The van der Waals surface area contributed by atoms with E-state index in [-0.39, 0.29) is 11.8 Å². The maximum Gasteiger partial charge on any atom is 0.320 e. The maximum absolute atomic E-state index is 13.9. The summed E-state index contributed by atoms with van der Waals surface area (Å²) in [6, 6.07) is 5.32. The van der Waals surface area contributed by atoms with Crippen molar-refractivity contribution in [2.75, 3.05) is 0 Å². The van der Waals surface area contributed by atoms with Gasteiger partial charge in [-0.15, -0.1) is 0 Å². The SMILES string of the molecule is O=C1O[C@@H](c2ccc(Cl)c(Cl)c2)C2(CCCCC2)C(=O)C12CCCCC2. The number of ketones is 1. The predicted molar refractivity (Wildman–Crippen MR) is 101 cm³/mol. The summed E-state index contributed by atoms with van der Waals surface area (Å²) >= 11 is 12.3. The molecule has 1 atom stereocenters. The van der Waals surface area contributed by atoms with Crippen molar-refractivity contribution in [1.82, 2.24) is 0 Å². The second-order valence-electron chi connectivity index (χ2n) is 8.15. The van der Waals surface area contributed by atoms with Gasteiger partial charge in [0.25, 0.3) is 0 Å². The number of rotatable bonds is 1. The second kappa shape index (κ2) is 6.83. The maximum atomic E-state index is 13.9. The zero-order valence-corrected chi connectivity index (χ0v) is 16.4. The summed E-state index contributed by atoms with van der Waals surface area (Å²) in [4.78, 5) is 26.9. The van der Waals surface area contributed by atoms with Gasteiger partial charge in [-0.25, -0.2) is 0 Å². The van der Waals surface area contributed by atoms with Gasteiger partial charge in [-0.1, -0.05) is 67.8 Å². The molecule has 5 heteroatoms. The summed E-state index contributed by atoms with van der Waals surface area (Å²) in [7, 11) is 0. The van der Waals surface area contributed by atoms with E-state index in [4.69, 9.17) is 27.9 Å². The van der Waals surface area contributed by atoms with Crippen molar-refractivity contribution < 1.29 is 14.3 Å². The van der Waals surface area contributed by atoms with Crippen LogP contribution in [0.25, 0.3) is 0 Å². The number of carbonyl (C=O) groups excluding carboxylic acids is 2. The number of ether oxygens (including phenoxy) is 1. The highest BCUT2D eigenvalue weighted by atomic mass is 35.5. The summed E-state index contributed by atoms with van der Waals surface area (Å²) in [5, 5.41) is 0.891. The molecule has 1 aromatic carbocycles. The summed E-state index contributed by atoms with van der Waals surface area (Å²) in [6.45, 7) is 0. The molecule has 2 saturated carbocycles. The van der Waals surface area contributed by atoms with E-state index in [9.17, 15) is 9.59 Å². The number of hydrogen-bond donors (Lipinski definition) is 0. The molecule has 3 fully saturated rings. The molecule has 3 aliphatic rings. The predicted octanol–water partition coefficient (Wildman–Crippen LogP) is 6.06. The molecule has 2 spiro atoms. The normalized spacial score (nSPS) is 27.5. The molecule has 0 amide bonds. The van der Waals surface area contributed by atoms with Gasteiger partial charge in [-0.2, -0.15) is 0 Å². The third kappa shape index (κ3) is 2.70. The molecule has 26 heavy (non-hydrogen) atoms. The molecule has 0 bridgehead atoms. The lowest BCUT2D eigenvalue weighted by atomic mass is 9.55. The number of carbonyl (C=O) groups is 2. The van der Waals surface area contributed by atoms with Crippen molar-refractivity contribution >= 4 is 35.0 Å². The van der Waals surface area contributed by atoms with Crippen LogP contribution in [0.15, 0.2) is 18.2 Å². The van der Waals surface area contributed by atoms with E-state index in [2.05, 4.69) is 0 Å². The molecule has 1 heterocycles. The molecule has 140 valence electrons. The van der Waals surface area contributed by atoms with Gasteiger partial charge in [0.1, 0.15) is 11.5 Å². The first-order chi connectivity index (χ1) is 12.5. The van der Waals surface area contributed by atoms with E-state index in [0.717, 1.165) is 56.9 Å². The zero-order chi connectivity index (χ0) is 18.4. The molecule has 0 N–H and O–H groups in total. The summed E-state index contributed by atoms with van der Waals surface area (Å²) < 4.78 is 6.06.